The first-order valence-electron chi connectivity index (χ1n) is 4.73. The highest BCUT2D eigenvalue weighted by atomic mass is 19.1. The van der Waals surface area contributed by atoms with Gasteiger partial charge in [-0.25, -0.2) is 8.78 Å². The molecule has 0 aliphatic carbocycles. The maximum Gasteiger partial charge on any atom is 0.255 e. The number of carbonyl (C=O) groups excluding carboxylic acids is 1. The summed E-state index contributed by atoms with van der Waals surface area (Å²) in [6, 6.07) is 3.28. The molecule has 6 heteroatoms. The van der Waals surface area contributed by atoms with Gasteiger partial charge in [-0.2, -0.15) is 0 Å². The Morgan fingerprint density at radius 3 is 2.71 bits per heavy atom. The fraction of sp³-hybridized carbons (Fsp3) is 0.0909. The molecule has 0 saturated heterocycles. The molecule has 1 heterocycles. The van der Waals surface area contributed by atoms with E-state index in [0.29, 0.717) is 0 Å². The summed E-state index contributed by atoms with van der Waals surface area (Å²) >= 11 is 0. The number of hydrogen-bond acceptors (Lipinski definition) is 3. The van der Waals surface area contributed by atoms with Crippen LogP contribution in [0.1, 0.15) is 0 Å². The van der Waals surface area contributed by atoms with Crippen molar-refractivity contribution in [2.75, 3.05) is 6.61 Å². The lowest BCUT2D eigenvalue weighted by molar-refractivity contribution is -0.119. The van der Waals surface area contributed by atoms with Crippen molar-refractivity contribution in [1.82, 2.24) is 4.98 Å². The van der Waals surface area contributed by atoms with Crippen molar-refractivity contribution in [2.45, 2.75) is 0 Å². The molecule has 0 aliphatic heterocycles. The number of fused-ring (bicyclic) bond motifs is 1. The Morgan fingerprint density at radius 1 is 1.29 bits per heavy atom. The molecule has 0 unspecified atom stereocenters. The number of benzene rings is 1. The van der Waals surface area contributed by atoms with E-state index in [4.69, 9.17) is 10.5 Å². The lowest BCUT2D eigenvalue weighted by Crippen LogP contribution is -2.20. The van der Waals surface area contributed by atoms with E-state index in [1.807, 2.05) is 0 Å². The predicted octanol–water partition coefficient (Wildman–Crippen LogP) is 1.38. The maximum atomic E-state index is 13.5. The minimum atomic E-state index is -0.702. The second-order valence-electron chi connectivity index (χ2n) is 3.32. The van der Waals surface area contributed by atoms with Gasteiger partial charge in [0.25, 0.3) is 5.91 Å². The minimum Gasteiger partial charge on any atom is -0.483 e. The van der Waals surface area contributed by atoms with Gasteiger partial charge >= 0.3 is 0 Å². The van der Waals surface area contributed by atoms with E-state index in [-0.39, 0.29) is 16.7 Å². The fourth-order valence-corrected chi connectivity index (χ4v) is 1.43. The van der Waals surface area contributed by atoms with Crippen LogP contribution in [0.25, 0.3) is 10.9 Å². The zero-order chi connectivity index (χ0) is 12.4. The monoisotopic (exact) mass is 238 g/mol. The van der Waals surface area contributed by atoms with Crippen molar-refractivity contribution in [3.63, 3.8) is 0 Å². The molecule has 0 radical (unpaired) electrons. The van der Waals surface area contributed by atoms with Crippen LogP contribution in [0.5, 0.6) is 5.75 Å². The van der Waals surface area contributed by atoms with Gasteiger partial charge in [0, 0.05) is 6.20 Å². The summed E-state index contributed by atoms with van der Waals surface area (Å²) in [5.41, 5.74) is 4.76. The van der Waals surface area contributed by atoms with E-state index in [1.165, 1.54) is 12.3 Å². The van der Waals surface area contributed by atoms with E-state index in [0.717, 1.165) is 12.1 Å². The van der Waals surface area contributed by atoms with Crippen molar-refractivity contribution in [3.05, 3.63) is 36.0 Å². The number of nitrogens with zero attached hydrogens (tertiary/aromatic N) is 1. The number of pyridine rings is 1. The van der Waals surface area contributed by atoms with Crippen LogP contribution in [0.15, 0.2) is 24.4 Å². The number of amides is 1. The molecule has 17 heavy (non-hydrogen) atoms. The van der Waals surface area contributed by atoms with Gasteiger partial charge in [0.15, 0.2) is 6.61 Å². The average Bonchev–Trinajstić information content (AvgIpc) is 2.31. The summed E-state index contributed by atoms with van der Waals surface area (Å²) < 4.78 is 31.9. The van der Waals surface area contributed by atoms with Crippen molar-refractivity contribution in [2.24, 2.45) is 5.73 Å². The molecule has 0 bridgehead atoms. The van der Waals surface area contributed by atoms with Crippen molar-refractivity contribution < 1.29 is 18.3 Å². The van der Waals surface area contributed by atoms with Gasteiger partial charge < -0.3 is 10.5 Å². The number of rotatable bonds is 3. The topological polar surface area (TPSA) is 65.2 Å². The van der Waals surface area contributed by atoms with Crippen molar-refractivity contribution >= 4 is 16.8 Å². The van der Waals surface area contributed by atoms with E-state index >= 15 is 0 Å². The maximum absolute atomic E-state index is 13.5. The van der Waals surface area contributed by atoms with Gasteiger partial charge in [-0.05, 0) is 18.2 Å². The molecule has 0 aliphatic rings. The van der Waals surface area contributed by atoms with Crippen LogP contribution in [-0.4, -0.2) is 17.5 Å². The Bertz CT molecular complexity index is 587. The fourth-order valence-electron chi connectivity index (χ4n) is 1.43. The molecule has 1 aromatic carbocycles. The largest absolute Gasteiger partial charge is 0.483 e. The molecule has 2 aromatic rings. The summed E-state index contributed by atoms with van der Waals surface area (Å²) in [6.07, 6.45) is 1.27. The minimum absolute atomic E-state index is 0.0331. The molecule has 2 rings (SSSR count). The highest BCUT2D eigenvalue weighted by Gasteiger charge is 2.12. The SMILES string of the molecule is NC(=O)COc1ccnc2c(F)ccc(F)c12. The van der Waals surface area contributed by atoms with Crippen molar-refractivity contribution in [3.8, 4) is 5.75 Å². The van der Waals surface area contributed by atoms with Gasteiger partial charge in [-0.1, -0.05) is 0 Å². The lowest BCUT2D eigenvalue weighted by Gasteiger charge is -2.08. The molecule has 88 valence electrons. The quantitative estimate of drug-likeness (QED) is 0.878. The van der Waals surface area contributed by atoms with Crippen LogP contribution in [0.3, 0.4) is 0 Å². The molecule has 4 nitrogen and oxygen atoms in total. The third-order valence-corrected chi connectivity index (χ3v) is 2.12. The van der Waals surface area contributed by atoms with Gasteiger partial charge in [-0.3, -0.25) is 9.78 Å². The summed E-state index contributed by atoms with van der Waals surface area (Å²) in [4.78, 5) is 14.3. The average molecular weight is 238 g/mol. The van der Waals surface area contributed by atoms with Crippen LogP contribution in [-0.2, 0) is 4.79 Å². The molecular formula is C11H8F2N2O2. The van der Waals surface area contributed by atoms with Crippen LogP contribution < -0.4 is 10.5 Å². The molecule has 0 saturated carbocycles. The van der Waals surface area contributed by atoms with Crippen LogP contribution in [0.4, 0.5) is 8.78 Å². The van der Waals surface area contributed by atoms with E-state index in [1.54, 1.807) is 0 Å². The number of nitrogens with two attached hydrogens (primary N) is 1. The Kier molecular flexibility index (Phi) is 2.86. The number of carbonyl (C=O) groups is 1. The molecule has 0 atom stereocenters. The summed E-state index contributed by atoms with van der Waals surface area (Å²) in [5.74, 6) is -2.00. The Hall–Kier alpha value is -2.24. The highest BCUT2D eigenvalue weighted by molar-refractivity contribution is 5.86. The number of ether oxygens (including phenoxy) is 1. The number of halogens is 2. The third kappa shape index (κ3) is 2.15. The molecule has 0 spiro atoms. The normalized spacial score (nSPS) is 10.5. The molecular weight excluding hydrogens is 230 g/mol. The standard InChI is InChI=1S/C11H8F2N2O2/c12-6-1-2-7(13)11-10(6)8(3-4-15-11)17-5-9(14)16/h1-4H,5H2,(H2,14,16). The Labute approximate surface area is 95.0 Å². The highest BCUT2D eigenvalue weighted by Crippen LogP contribution is 2.28. The predicted molar refractivity (Wildman–Crippen MR) is 56.3 cm³/mol. The lowest BCUT2D eigenvalue weighted by atomic mass is 10.2. The molecule has 2 N–H and O–H groups in total. The Balaban J connectivity index is 2.56. The second kappa shape index (κ2) is 4.32. The van der Waals surface area contributed by atoms with Crippen LogP contribution >= 0.6 is 0 Å². The van der Waals surface area contributed by atoms with Gasteiger partial charge in [-0.15, -0.1) is 0 Å². The first-order chi connectivity index (χ1) is 8.09. The third-order valence-electron chi connectivity index (χ3n) is 2.12. The number of aromatic nitrogens is 1. The molecule has 1 amide bonds. The zero-order valence-electron chi connectivity index (χ0n) is 8.61. The number of primary amides is 1. The van der Waals surface area contributed by atoms with E-state index in [9.17, 15) is 13.6 Å². The van der Waals surface area contributed by atoms with Crippen molar-refractivity contribution in [1.29, 1.82) is 0 Å². The zero-order valence-corrected chi connectivity index (χ0v) is 8.61. The van der Waals surface area contributed by atoms with E-state index in [2.05, 4.69) is 4.98 Å². The summed E-state index contributed by atoms with van der Waals surface area (Å²) in [6.45, 7) is -0.408. The summed E-state index contributed by atoms with van der Waals surface area (Å²) in [5, 5.41) is -0.103. The van der Waals surface area contributed by atoms with Crippen LogP contribution in [0.2, 0.25) is 0 Å². The van der Waals surface area contributed by atoms with Gasteiger partial charge in [0.05, 0.1) is 5.39 Å². The smallest absolute Gasteiger partial charge is 0.255 e. The first-order valence-corrected chi connectivity index (χ1v) is 4.73. The molecule has 1 aromatic heterocycles. The first kappa shape index (κ1) is 11.3. The molecule has 0 fully saturated rings. The Morgan fingerprint density at radius 2 is 2.00 bits per heavy atom. The van der Waals surface area contributed by atoms with E-state index < -0.39 is 24.1 Å². The van der Waals surface area contributed by atoms with Crippen LogP contribution in [0, 0.1) is 11.6 Å². The summed E-state index contributed by atoms with van der Waals surface area (Å²) in [7, 11) is 0. The van der Waals surface area contributed by atoms with Gasteiger partial charge in [0.1, 0.15) is 22.9 Å². The van der Waals surface area contributed by atoms with Gasteiger partial charge in [0.2, 0.25) is 0 Å². The number of hydrogen-bond donors (Lipinski definition) is 1. The second-order valence-corrected chi connectivity index (χ2v) is 3.32.